The molecular formula is C50H33BN8Pt. The maximum atomic E-state index is 5.53. The summed E-state index contributed by atoms with van der Waals surface area (Å²) in [5.41, 5.74) is 11.9. The van der Waals surface area contributed by atoms with E-state index in [-0.39, 0.29) is 21.1 Å². The molecule has 0 bridgehead atoms. The maximum absolute atomic E-state index is 5.53. The zero-order valence-corrected chi connectivity index (χ0v) is 34.6. The number of aryl methyl sites for hydroxylation is 1. The average molecular weight is 952 g/mol. The van der Waals surface area contributed by atoms with Crippen LogP contribution < -0.4 is 16.4 Å². The van der Waals surface area contributed by atoms with Crippen LogP contribution in [0.2, 0.25) is 0 Å². The molecule has 0 N–H and O–H groups in total. The molecule has 11 rings (SSSR count). The molecule has 60 heavy (non-hydrogen) atoms. The minimum atomic E-state index is -0.400. The van der Waals surface area contributed by atoms with Crippen molar-refractivity contribution in [1.82, 2.24) is 38.9 Å². The molecule has 0 fully saturated rings. The van der Waals surface area contributed by atoms with Crippen LogP contribution in [-0.4, -0.2) is 45.6 Å². The van der Waals surface area contributed by atoms with E-state index in [1.165, 1.54) is 0 Å². The van der Waals surface area contributed by atoms with Gasteiger partial charge in [0.2, 0.25) is 6.71 Å². The number of rotatable bonds is 8. The van der Waals surface area contributed by atoms with Gasteiger partial charge in [0.05, 0.1) is 22.9 Å². The zero-order valence-electron chi connectivity index (χ0n) is 32.3. The summed E-state index contributed by atoms with van der Waals surface area (Å²) in [6.07, 6.45) is 5.21. The Labute approximate surface area is 361 Å². The second kappa shape index (κ2) is 15.5. The zero-order chi connectivity index (χ0) is 39.3. The fourth-order valence-corrected chi connectivity index (χ4v) is 8.36. The molecule has 0 atom stereocenters. The standard InChI is InChI=1S/C50H33BN8.Pt/c1-57-49(55-48-50(57)54-31-30-53-48)36-20-15-21-37(32-36)51(38-27-28-41-40-24-11-12-25-42(40)58(43(41)33-38)44-26-13-14-29-52-44)45-46(34-16-5-2-6-17-34)56-59(39-22-9-4-10-23-39)47(45)35-18-7-3-8-19-35;/h2-31H,1H3;/q-2;+2. The molecule has 8 nitrogen and oxygen atoms in total. The van der Waals surface area contributed by atoms with Gasteiger partial charge < -0.3 is 9.13 Å². The van der Waals surface area contributed by atoms with Crippen LogP contribution in [0.25, 0.3) is 78.5 Å². The molecule has 0 saturated carbocycles. The molecule has 0 saturated heterocycles. The summed E-state index contributed by atoms with van der Waals surface area (Å²) in [7, 11) is 1.97. The van der Waals surface area contributed by atoms with Gasteiger partial charge >= 0.3 is 21.1 Å². The van der Waals surface area contributed by atoms with Crippen molar-refractivity contribution in [3.05, 3.63) is 195 Å². The monoisotopic (exact) mass is 951 g/mol. The van der Waals surface area contributed by atoms with E-state index in [2.05, 4.69) is 165 Å². The smallest absolute Gasteiger partial charge is 0.350 e. The van der Waals surface area contributed by atoms with E-state index < -0.39 is 6.71 Å². The SMILES string of the molecule is Cn1c(-c2[c-]c(B(c3[c-]c4c(cc3)c3ccccc3n4-c3ccccn3)c3c(-c4ccccc4)nn(-c4ccccc4)c3-c3ccccc3)ccc2)nc2nccnc21.[Pt+2]. The summed E-state index contributed by atoms with van der Waals surface area (Å²) in [6, 6.07) is 64.5. The fraction of sp³-hybridized carbons (Fsp3) is 0.0200. The largest absolute Gasteiger partial charge is 2.00 e. The third-order valence-corrected chi connectivity index (χ3v) is 11.0. The molecule has 0 aliphatic carbocycles. The number of hydrogen-bond acceptors (Lipinski definition) is 5. The number of para-hydroxylation sites is 2. The van der Waals surface area contributed by atoms with Crippen LogP contribution in [0.5, 0.6) is 0 Å². The Morgan fingerprint density at radius 1 is 0.567 bits per heavy atom. The van der Waals surface area contributed by atoms with Crippen molar-refractivity contribution in [2.24, 2.45) is 7.05 Å². The summed E-state index contributed by atoms with van der Waals surface area (Å²) < 4.78 is 6.29. The van der Waals surface area contributed by atoms with Gasteiger partial charge in [-0.15, -0.1) is 35.2 Å². The molecule has 0 spiro atoms. The first-order chi connectivity index (χ1) is 29.2. The van der Waals surface area contributed by atoms with Crippen molar-refractivity contribution in [3.8, 4) is 45.4 Å². The van der Waals surface area contributed by atoms with Gasteiger partial charge in [-0.05, 0) is 46.7 Å². The summed E-state index contributed by atoms with van der Waals surface area (Å²) in [5.74, 6) is 1.56. The topological polar surface area (TPSA) is 79.2 Å². The third-order valence-electron chi connectivity index (χ3n) is 11.0. The molecule has 0 unspecified atom stereocenters. The Bertz CT molecular complexity index is 3290. The molecule has 0 radical (unpaired) electrons. The molecule has 286 valence electrons. The van der Waals surface area contributed by atoms with Crippen LogP contribution in [0.4, 0.5) is 0 Å². The van der Waals surface area contributed by atoms with E-state index in [9.17, 15) is 0 Å². The Morgan fingerprint density at radius 3 is 2.03 bits per heavy atom. The quantitative estimate of drug-likeness (QED) is 0.114. The minimum Gasteiger partial charge on any atom is -0.350 e. The maximum Gasteiger partial charge on any atom is 2.00 e. The molecule has 0 aliphatic heterocycles. The van der Waals surface area contributed by atoms with Crippen LogP contribution in [0.3, 0.4) is 0 Å². The van der Waals surface area contributed by atoms with Crippen molar-refractivity contribution in [2.75, 3.05) is 0 Å². The minimum absolute atomic E-state index is 0. The summed E-state index contributed by atoms with van der Waals surface area (Å²) in [6.45, 7) is -0.400. The van der Waals surface area contributed by atoms with Crippen molar-refractivity contribution in [3.63, 3.8) is 0 Å². The van der Waals surface area contributed by atoms with Crippen LogP contribution in [0.1, 0.15) is 0 Å². The van der Waals surface area contributed by atoms with Crippen molar-refractivity contribution in [2.45, 2.75) is 0 Å². The van der Waals surface area contributed by atoms with E-state index in [1.54, 1.807) is 12.4 Å². The van der Waals surface area contributed by atoms with E-state index in [0.29, 0.717) is 11.3 Å². The van der Waals surface area contributed by atoms with Gasteiger partial charge in [0, 0.05) is 36.7 Å². The Kier molecular flexibility index (Phi) is 9.59. The van der Waals surface area contributed by atoms with Gasteiger partial charge in [-0.2, -0.15) is 34.2 Å². The molecule has 6 aromatic carbocycles. The predicted molar refractivity (Wildman–Crippen MR) is 237 cm³/mol. The van der Waals surface area contributed by atoms with E-state index in [0.717, 1.165) is 83.6 Å². The van der Waals surface area contributed by atoms with Crippen molar-refractivity contribution < 1.29 is 21.1 Å². The predicted octanol–water partition coefficient (Wildman–Crippen LogP) is 8.16. The fourth-order valence-electron chi connectivity index (χ4n) is 8.36. The third kappa shape index (κ3) is 6.26. The van der Waals surface area contributed by atoms with Crippen molar-refractivity contribution in [1.29, 1.82) is 0 Å². The number of aromatic nitrogens is 8. The van der Waals surface area contributed by atoms with Crippen LogP contribution in [-0.2, 0) is 28.1 Å². The molecule has 11 aromatic rings. The van der Waals surface area contributed by atoms with E-state index in [4.69, 9.17) is 15.1 Å². The normalized spacial score (nSPS) is 11.3. The first kappa shape index (κ1) is 37.1. The average Bonchev–Trinajstić information content (AvgIpc) is 3.97. The van der Waals surface area contributed by atoms with E-state index in [1.807, 2.05) is 48.1 Å². The van der Waals surface area contributed by atoms with Gasteiger partial charge in [-0.1, -0.05) is 109 Å². The number of fused-ring (bicyclic) bond motifs is 4. The Morgan fingerprint density at radius 2 is 1.27 bits per heavy atom. The van der Waals surface area contributed by atoms with Gasteiger partial charge in [0.1, 0.15) is 5.82 Å². The van der Waals surface area contributed by atoms with Gasteiger partial charge in [-0.3, -0.25) is 4.98 Å². The van der Waals surface area contributed by atoms with Crippen LogP contribution in [0.15, 0.2) is 182 Å². The Balaban J connectivity index is 0.00000433. The second-order valence-corrected chi connectivity index (χ2v) is 14.5. The summed E-state index contributed by atoms with van der Waals surface area (Å²) >= 11 is 0. The number of benzene rings is 6. The molecule has 10 heteroatoms. The van der Waals surface area contributed by atoms with Crippen LogP contribution >= 0.6 is 0 Å². The molecule has 0 aliphatic rings. The molecule has 0 amide bonds. The van der Waals surface area contributed by atoms with E-state index >= 15 is 0 Å². The number of nitrogens with zero attached hydrogens (tertiary/aromatic N) is 8. The van der Waals surface area contributed by atoms with Crippen molar-refractivity contribution >= 4 is 56.2 Å². The summed E-state index contributed by atoms with van der Waals surface area (Å²) in [4.78, 5) is 18.9. The number of hydrogen-bond donors (Lipinski definition) is 0. The second-order valence-electron chi connectivity index (χ2n) is 14.5. The molecule has 5 aromatic heterocycles. The summed E-state index contributed by atoms with van der Waals surface area (Å²) in [5, 5.41) is 7.76. The molecule has 5 heterocycles. The van der Waals surface area contributed by atoms with Gasteiger partial charge in [0.25, 0.3) is 0 Å². The number of pyridine rings is 1. The first-order valence-corrected chi connectivity index (χ1v) is 19.5. The first-order valence-electron chi connectivity index (χ1n) is 19.5. The van der Waals surface area contributed by atoms with Crippen LogP contribution in [0, 0.1) is 12.1 Å². The van der Waals surface area contributed by atoms with Gasteiger partial charge in [0.15, 0.2) is 11.3 Å². The van der Waals surface area contributed by atoms with Gasteiger partial charge in [-0.25, -0.2) is 19.6 Å². The number of imidazole rings is 1. The molecular weight excluding hydrogens is 918 g/mol. The Hall–Kier alpha value is -7.22.